The number of ether oxygens (including phenoxy) is 1. The van der Waals surface area contributed by atoms with Crippen molar-refractivity contribution in [1.29, 1.82) is 0 Å². The van der Waals surface area contributed by atoms with E-state index in [4.69, 9.17) is 4.74 Å². The molecule has 1 unspecified atom stereocenters. The fourth-order valence-corrected chi connectivity index (χ4v) is 3.14. The zero-order chi connectivity index (χ0) is 12.9. The lowest BCUT2D eigenvalue weighted by atomic mass is 9.84. The zero-order valence-electron chi connectivity index (χ0n) is 11.1. The predicted molar refractivity (Wildman–Crippen MR) is 73.4 cm³/mol. The van der Waals surface area contributed by atoms with E-state index in [1.54, 1.807) is 0 Å². The van der Waals surface area contributed by atoms with Crippen molar-refractivity contribution in [2.45, 2.75) is 52.1 Å². The topological polar surface area (TPSA) is 38.3 Å². The third kappa shape index (κ3) is 3.44. The van der Waals surface area contributed by atoms with Crippen LogP contribution >= 0.6 is 15.9 Å². The molecule has 0 aliphatic carbocycles. The monoisotopic (exact) mass is 305 g/mol. The summed E-state index contributed by atoms with van der Waals surface area (Å²) in [7, 11) is 0. The van der Waals surface area contributed by atoms with Gasteiger partial charge in [0, 0.05) is 18.5 Å². The summed E-state index contributed by atoms with van der Waals surface area (Å²) in [6.07, 6.45) is 3.94. The van der Waals surface area contributed by atoms with Crippen molar-refractivity contribution in [3.63, 3.8) is 0 Å². The normalized spacial score (nSPS) is 24.9. The lowest BCUT2D eigenvalue weighted by molar-refractivity contribution is -0.140. The summed E-state index contributed by atoms with van der Waals surface area (Å²) in [5, 5.41) is 3.99. The third-order valence-corrected chi connectivity index (χ3v) is 5.30. The number of alkyl halides is 1. The van der Waals surface area contributed by atoms with Crippen molar-refractivity contribution in [2.24, 2.45) is 5.41 Å². The van der Waals surface area contributed by atoms with Gasteiger partial charge in [-0.3, -0.25) is 4.79 Å². The number of carbonyl (C=O) groups is 1. The molecule has 0 saturated carbocycles. The van der Waals surface area contributed by atoms with Crippen LogP contribution in [0.3, 0.4) is 0 Å². The lowest BCUT2D eigenvalue weighted by Gasteiger charge is -2.31. The zero-order valence-corrected chi connectivity index (χ0v) is 12.7. The van der Waals surface area contributed by atoms with Gasteiger partial charge in [-0.2, -0.15) is 0 Å². The highest BCUT2D eigenvalue weighted by Gasteiger charge is 2.38. The number of nitrogens with one attached hydrogen (secondary N) is 1. The molecule has 100 valence electrons. The fourth-order valence-electron chi connectivity index (χ4n) is 2.15. The van der Waals surface area contributed by atoms with Crippen LogP contribution in [-0.4, -0.2) is 30.0 Å². The lowest BCUT2D eigenvalue weighted by Crippen LogP contribution is -2.48. The fraction of sp³-hybridized carbons (Fsp3) is 0.923. The number of carbonyl (C=O) groups excluding carboxylic acids is 1. The molecule has 0 radical (unpaired) electrons. The molecule has 1 heterocycles. The van der Waals surface area contributed by atoms with Gasteiger partial charge in [0.05, 0.1) is 0 Å². The van der Waals surface area contributed by atoms with Crippen molar-refractivity contribution in [2.75, 3.05) is 18.5 Å². The second-order valence-corrected chi connectivity index (χ2v) is 5.77. The van der Waals surface area contributed by atoms with E-state index in [-0.39, 0.29) is 11.3 Å². The Morgan fingerprint density at radius 3 is 2.53 bits per heavy atom. The second kappa shape index (κ2) is 6.19. The first-order chi connectivity index (χ1) is 8.02. The number of amides is 1. The van der Waals surface area contributed by atoms with Gasteiger partial charge in [0.2, 0.25) is 0 Å². The molecular formula is C13H24BrNO2. The summed E-state index contributed by atoms with van der Waals surface area (Å²) in [5.41, 5.74) is -0.426. The Balaban J connectivity index is 2.52. The molecule has 1 aliphatic heterocycles. The average Bonchev–Trinajstić information content (AvgIpc) is 2.80. The number of halogens is 1. The SMILES string of the molecule is CCC(CC)(CBr)CNC(=O)C1(C)CCCO1. The standard InChI is InChI=1S/C13H24BrNO2/c1-4-13(5-2,9-14)10-15-11(16)12(3)7-6-8-17-12/h4-10H2,1-3H3,(H,15,16). The molecule has 0 aromatic heterocycles. The Bertz CT molecular complexity index is 250. The summed E-state index contributed by atoms with van der Waals surface area (Å²) in [5.74, 6) is 0.0437. The minimum atomic E-state index is -0.598. The summed E-state index contributed by atoms with van der Waals surface area (Å²) in [6.45, 7) is 7.66. The van der Waals surface area contributed by atoms with Gasteiger partial charge in [-0.15, -0.1) is 0 Å². The summed E-state index contributed by atoms with van der Waals surface area (Å²) in [4.78, 5) is 12.1. The van der Waals surface area contributed by atoms with Gasteiger partial charge in [-0.05, 0) is 38.0 Å². The van der Waals surface area contributed by atoms with E-state index in [0.717, 1.165) is 37.6 Å². The second-order valence-electron chi connectivity index (χ2n) is 5.21. The van der Waals surface area contributed by atoms with Crippen molar-refractivity contribution >= 4 is 21.8 Å². The predicted octanol–water partition coefficient (Wildman–Crippen LogP) is 2.87. The van der Waals surface area contributed by atoms with E-state index in [2.05, 4.69) is 35.1 Å². The highest BCUT2D eigenvalue weighted by Crippen LogP contribution is 2.29. The molecule has 17 heavy (non-hydrogen) atoms. The molecule has 4 heteroatoms. The van der Waals surface area contributed by atoms with Crippen LogP contribution in [0.1, 0.15) is 46.5 Å². The van der Waals surface area contributed by atoms with Crippen LogP contribution in [0.5, 0.6) is 0 Å². The van der Waals surface area contributed by atoms with Gasteiger partial charge in [0.15, 0.2) is 0 Å². The van der Waals surface area contributed by atoms with Crippen molar-refractivity contribution < 1.29 is 9.53 Å². The molecule has 1 atom stereocenters. The highest BCUT2D eigenvalue weighted by atomic mass is 79.9. The Morgan fingerprint density at radius 2 is 2.12 bits per heavy atom. The first-order valence-electron chi connectivity index (χ1n) is 6.50. The molecule has 1 rings (SSSR count). The van der Waals surface area contributed by atoms with E-state index < -0.39 is 5.60 Å². The first-order valence-corrected chi connectivity index (χ1v) is 7.62. The Labute approximate surface area is 113 Å². The van der Waals surface area contributed by atoms with Crippen LogP contribution in [0.25, 0.3) is 0 Å². The smallest absolute Gasteiger partial charge is 0.251 e. The maximum Gasteiger partial charge on any atom is 0.251 e. The quantitative estimate of drug-likeness (QED) is 0.766. The van der Waals surface area contributed by atoms with E-state index >= 15 is 0 Å². The summed E-state index contributed by atoms with van der Waals surface area (Å²) >= 11 is 3.56. The van der Waals surface area contributed by atoms with Gasteiger partial charge in [-0.25, -0.2) is 0 Å². The number of hydrogen-bond donors (Lipinski definition) is 1. The van der Waals surface area contributed by atoms with Crippen molar-refractivity contribution in [3.8, 4) is 0 Å². The average molecular weight is 306 g/mol. The van der Waals surface area contributed by atoms with Gasteiger partial charge >= 0.3 is 0 Å². The van der Waals surface area contributed by atoms with Crippen LogP contribution in [0.4, 0.5) is 0 Å². The minimum absolute atomic E-state index is 0.0437. The van der Waals surface area contributed by atoms with E-state index in [9.17, 15) is 4.79 Å². The van der Waals surface area contributed by atoms with Crippen LogP contribution in [0.15, 0.2) is 0 Å². The van der Waals surface area contributed by atoms with Gasteiger partial charge in [-0.1, -0.05) is 29.8 Å². The summed E-state index contributed by atoms with van der Waals surface area (Å²) < 4.78 is 5.54. The summed E-state index contributed by atoms with van der Waals surface area (Å²) in [6, 6.07) is 0. The van der Waals surface area contributed by atoms with Crippen LogP contribution in [0, 0.1) is 5.41 Å². The number of rotatable bonds is 6. The molecule has 0 aromatic rings. The van der Waals surface area contributed by atoms with Crippen molar-refractivity contribution in [1.82, 2.24) is 5.32 Å². The van der Waals surface area contributed by atoms with Gasteiger partial charge < -0.3 is 10.1 Å². The maximum absolute atomic E-state index is 12.1. The molecule has 1 N–H and O–H groups in total. The first kappa shape index (κ1) is 15.0. The van der Waals surface area contributed by atoms with E-state index in [1.165, 1.54) is 0 Å². The van der Waals surface area contributed by atoms with E-state index in [1.807, 2.05) is 6.92 Å². The molecule has 1 saturated heterocycles. The largest absolute Gasteiger partial charge is 0.365 e. The molecule has 1 fully saturated rings. The van der Waals surface area contributed by atoms with Gasteiger partial charge in [0.1, 0.15) is 5.60 Å². The van der Waals surface area contributed by atoms with Crippen LogP contribution in [0.2, 0.25) is 0 Å². The minimum Gasteiger partial charge on any atom is -0.365 e. The van der Waals surface area contributed by atoms with Gasteiger partial charge in [0.25, 0.3) is 5.91 Å². The third-order valence-electron chi connectivity index (χ3n) is 4.11. The molecule has 0 bridgehead atoms. The molecule has 1 aliphatic rings. The Morgan fingerprint density at radius 1 is 1.47 bits per heavy atom. The maximum atomic E-state index is 12.1. The van der Waals surface area contributed by atoms with Crippen LogP contribution < -0.4 is 5.32 Å². The van der Waals surface area contributed by atoms with Crippen molar-refractivity contribution in [3.05, 3.63) is 0 Å². The van der Waals surface area contributed by atoms with Crippen LogP contribution in [-0.2, 0) is 9.53 Å². The highest BCUT2D eigenvalue weighted by molar-refractivity contribution is 9.09. The molecule has 0 aromatic carbocycles. The Kier molecular flexibility index (Phi) is 5.45. The van der Waals surface area contributed by atoms with E-state index in [0.29, 0.717) is 6.61 Å². The number of hydrogen-bond acceptors (Lipinski definition) is 2. The molecule has 0 spiro atoms. The molecular weight excluding hydrogens is 282 g/mol. The Hall–Kier alpha value is -0.0900. The molecule has 3 nitrogen and oxygen atoms in total. The molecule has 1 amide bonds.